The molecule has 0 bridgehead atoms. The van der Waals surface area contributed by atoms with Gasteiger partial charge in [-0.15, -0.1) is 0 Å². The average Bonchev–Trinajstić information content (AvgIpc) is 1.61. The van der Waals surface area contributed by atoms with Crippen molar-refractivity contribution in [1.82, 2.24) is 0 Å². The lowest BCUT2D eigenvalue weighted by Gasteiger charge is -1.81. The van der Waals surface area contributed by atoms with E-state index in [4.69, 9.17) is 5.11 Å². The number of rotatable bonds is 3. The molecule has 0 radical (unpaired) electrons. The van der Waals surface area contributed by atoms with Crippen LogP contribution in [0, 0.1) is 0 Å². The fraction of sp³-hybridized carbons (Fsp3) is 1.00. The van der Waals surface area contributed by atoms with E-state index in [1.165, 1.54) is 0 Å². The first-order chi connectivity index (χ1) is 2.91. The van der Waals surface area contributed by atoms with Gasteiger partial charge in [-0.3, -0.25) is 4.52 Å². The van der Waals surface area contributed by atoms with Crippen molar-refractivity contribution in [2.45, 2.75) is 0 Å². The van der Waals surface area contributed by atoms with Gasteiger partial charge in [0.25, 0.3) is 0 Å². The highest BCUT2D eigenvalue weighted by Gasteiger charge is 1.75. The maximum absolute atomic E-state index is 9.33. The second kappa shape index (κ2) is 5.02. The van der Waals surface area contributed by atoms with E-state index < -0.39 is 0 Å². The first kappa shape index (κ1) is 6.02. The van der Waals surface area contributed by atoms with E-state index in [0.717, 1.165) is 0 Å². The first-order valence-corrected chi connectivity index (χ1v) is 2.20. The lowest BCUT2D eigenvalue weighted by molar-refractivity contribution is 0.212. The van der Waals surface area contributed by atoms with Crippen LogP contribution in [0.3, 0.4) is 0 Å². The Labute approximate surface area is 37.2 Å². The Morgan fingerprint density at radius 1 is 1.83 bits per heavy atom. The van der Waals surface area contributed by atoms with E-state index in [2.05, 4.69) is 4.52 Å². The molecular formula is C2H5O3P. The number of hydrogen-bond donors (Lipinski definition) is 1. The van der Waals surface area contributed by atoms with Crippen molar-refractivity contribution in [2.24, 2.45) is 0 Å². The summed E-state index contributed by atoms with van der Waals surface area (Å²) in [6.45, 7) is 0.0697. The molecule has 0 aromatic heterocycles. The van der Waals surface area contributed by atoms with Gasteiger partial charge in [0.15, 0.2) is 0 Å². The van der Waals surface area contributed by atoms with E-state index >= 15 is 0 Å². The summed E-state index contributed by atoms with van der Waals surface area (Å²) in [5.74, 6) is 0. The SMILES string of the molecule is O=POCCO. The third-order valence-electron chi connectivity index (χ3n) is 0.235. The van der Waals surface area contributed by atoms with Crippen molar-refractivity contribution in [3.63, 3.8) is 0 Å². The summed E-state index contributed by atoms with van der Waals surface area (Å²) in [5.41, 5.74) is 0. The van der Waals surface area contributed by atoms with Crippen LogP contribution in [-0.2, 0) is 9.09 Å². The van der Waals surface area contributed by atoms with Gasteiger partial charge in [-0.25, -0.2) is 4.57 Å². The van der Waals surface area contributed by atoms with Crippen LogP contribution in [0.4, 0.5) is 0 Å². The summed E-state index contributed by atoms with van der Waals surface area (Å²) in [6.07, 6.45) is 0. The lowest BCUT2D eigenvalue weighted by atomic mass is 10.8. The third kappa shape index (κ3) is 4.02. The van der Waals surface area contributed by atoms with Gasteiger partial charge in [-0.2, -0.15) is 0 Å². The molecule has 0 aliphatic rings. The molecule has 0 unspecified atom stereocenters. The van der Waals surface area contributed by atoms with Crippen molar-refractivity contribution in [3.8, 4) is 0 Å². The molecule has 0 rings (SSSR count). The standard InChI is InChI=1S/C2H5O3P/c3-1-2-5-6-4/h3H,1-2H2. The predicted octanol–water partition coefficient (Wildman–Crippen LogP) is 0.202. The summed E-state index contributed by atoms with van der Waals surface area (Å²) in [5, 5.41) is 7.93. The molecule has 1 N–H and O–H groups in total. The maximum Gasteiger partial charge on any atom is 0.327 e. The molecule has 0 aromatic rings. The molecule has 36 valence electrons. The summed E-state index contributed by atoms with van der Waals surface area (Å²) < 4.78 is 13.5. The Bertz CT molecular complexity index is 37.8. The Kier molecular flexibility index (Phi) is 5.04. The first-order valence-electron chi connectivity index (χ1n) is 1.47. The van der Waals surface area contributed by atoms with Crippen LogP contribution in [-0.4, -0.2) is 18.3 Å². The maximum atomic E-state index is 9.33. The van der Waals surface area contributed by atoms with Gasteiger partial charge < -0.3 is 5.11 Å². The predicted molar refractivity (Wildman–Crippen MR) is 20.6 cm³/mol. The van der Waals surface area contributed by atoms with E-state index in [9.17, 15) is 4.57 Å². The highest BCUT2D eigenvalue weighted by molar-refractivity contribution is 7.17. The molecule has 0 atom stereocenters. The lowest BCUT2D eigenvalue weighted by Crippen LogP contribution is -1.88. The van der Waals surface area contributed by atoms with Crippen LogP contribution in [0.15, 0.2) is 0 Å². The summed E-state index contributed by atoms with van der Waals surface area (Å²) in [4.78, 5) is 0. The van der Waals surface area contributed by atoms with Gasteiger partial charge in [0.05, 0.1) is 13.2 Å². The molecule has 4 heteroatoms. The highest BCUT2D eigenvalue weighted by atomic mass is 31.1. The van der Waals surface area contributed by atoms with Crippen LogP contribution in [0.2, 0.25) is 0 Å². The molecule has 0 saturated carbocycles. The zero-order chi connectivity index (χ0) is 4.83. The second-order valence-corrected chi connectivity index (χ2v) is 1.04. The highest BCUT2D eigenvalue weighted by Crippen LogP contribution is 1.89. The minimum atomic E-state index is -0.365. The molecule has 0 aliphatic carbocycles. The van der Waals surface area contributed by atoms with Crippen molar-refractivity contribution in [2.75, 3.05) is 13.2 Å². The van der Waals surface area contributed by atoms with Crippen molar-refractivity contribution >= 4 is 8.69 Å². The minimum Gasteiger partial charge on any atom is -0.394 e. The Hall–Kier alpha value is 0.0200. The van der Waals surface area contributed by atoms with Crippen LogP contribution < -0.4 is 0 Å². The van der Waals surface area contributed by atoms with Crippen molar-refractivity contribution in [1.29, 1.82) is 0 Å². The van der Waals surface area contributed by atoms with Crippen LogP contribution >= 0.6 is 8.69 Å². The molecule has 0 saturated heterocycles. The van der Waals surface area contributed by atoms with Gasteiger partial charge in [0.2, 0.25) is 0 Å². The summed E-state index contributed by atoms with van der Waals surface area (Å²) in [6, 6.07) is 0. The molecular weight excluding hydrogens is 103 g/mol. The Balaban J connectivity index is 2.49. The number of aliphatic hydroxyl groups is 1. The van der Waals surface area contributed by atoms with Crippen LogP contribution in [0.5, 0.6) is 0 Å². The molecule has 0 amide bonds. The molecule has 3 nitrogen and oxygen atoms in total. The monoisotopic (exact) mass is 108 g/mol. The number of hydrogen-bond acceptors (Lipinski definition) is 3. The molecule has 6 heavy (non-hydrogen) atoms. The molecule has 0 fully saturated rings. The van der Waals surface area contributed by atoms with E-state index in [1.54, 1.807) is 0 Å². The third-order valence-corrected chi connectivity index (χ3v) is 0.523. The Morgan fingerprint density at radius 3 is 2.67 bits per heavy atom. The number of aliphatic hydroxyl groups excluding tert-OH is 1. The Morgan fingerprint density at radius 2 is 2.50 bits per heavy atom. The molecule has 0 heterocycles. The zero-order valence-corrected chi connectivity index (χ0v) is 4.02. The molecule has 0 aliphatic heterocycles. The van der Waals surface area contributed by atoms with Gasteiger partial charge in [-0.1, -0.05) is 0 Å². The van der Waals surface area contributed by atoms with Crippen LogP contribution in [0.25, 0.3) is 0 Å². The molecule has 0 aromatic carbocycles. The van der Waals surface area contributed by atoms with E-state index in [-0.39, 0.29) is 21.9 Å². The average molecular weight is 108 g/mol. The smallest absolute Gasteiger partial charge is 0.327 e. The van der Waals surface area contributed by atoms with Crippen molar-refractivity contribution in [3.05, 3.63) is 0 Å². The van der Waals surface area contributed by atoms with Gasteiger partial charge in [0, 0.05) is 0 Å². The van der Waals surface area contributed by atoms with Gasteiger partial charge >= 0.3 is 8.69 Å². The fourth-order valence-electron chi connectivity index (χ4n) is 0.0781. The minimum absolute atomic E-state index is 0.0742. The summed E-state index contributed by atoms with van der Waals surface area (Å²) in [7, 11) is -0.365. The summed E-state index contributed by atoms with van der Waals surface area (Å²) >= 11 is 0. The fourth-order valence-corrected chi connectivity index (χ4v) is 0.234. The molecule has 0 spiro atoms. The van der Waals surface area contributed by atoms with Gasteiger partial charge in [-0.05, 0) is 0 Å². The van der Waals surface area contributed by atoms with Gasteiger partial charge in [0.1, 0.15) is 0 Å². The normalized spacial score (nSPS) is 9.50. The zero-order valence-electron chi connectivity index (χ0n) is 3.13. The quantitative estimate of drug-likeness (QED) is 0.415. The van der Waals surface area contributed by atoms with E-state index in [1.807, 2.05) is 0 Å². The second-order valence-electron chi connectivity index (χ2n) is 0.631. The van der Waals surface area contributed by atoms with E-state index in [0.29, 0.717) is 0 Å². The largest absolute Gasteiger partial charge is 0.394 e. The van der Waals surface area contributed by atoms with Crippen molar-refractivity contribution < 1.29 is 14.2 Å². The van der Waals surface area contributed by atoms with Crippen LogP contribution in [0.1, 0.15) is 0 Å². The topological polar surface area (TPSA) is 46.5 Å².